The van der Waals surface area contributed by atoms with E-state index in [9.17, 15) is 27.5 Å². The van der Waals surface area contributed by atoms with Gasteiger partial charge in [-0.15, -0.1) is 0 Å². The minimum absolute atomic E-state index is 0.0161. The summed E-state index contributed by atoms with van der Waals surface area (Å²) in [6.45, 7) is 2.56. The first-order valence-corrected chi connectivity index (χ1v) is 11.2. The molecule has 12 heteroatoms. The van der Waals surface area contributed by atoms with E-state index in [0.717, 1.165) is 29.8 Å². The Kier molecular flexibility index (Phi) is 6.67. The van der Waals surface area contributed by atoms with Crippen LogP contribution in [-0.2, 0) is 6.54 Å². The molecule has 0 aromatic carbocycles. The van der Waals surface area contributed by atoms with Crippen molar-refractivity contribution in [3.8, 4) is 0 Å². The van der Waals surface area contributed by atoms with Gasteiger partial charge in [0.05, 0.1) is 22.7 Å². The standard InChI is InChI=1S/C23H26F4N6O2/c1-22(2,35)8-7-15-4-3-9-32(15)21(34)17-10-18-16(12-28-17)20(31-33(18)13-23(25,26)27)30-19-6-5-14(24)11-29-19/h5-6,10-12,15,35H,3-4,7-9,13H2,1-2H3,(H,29,30,31)/t15-/m0/s1. The average molecular weight is 494 g/mol. The van der Waals surface area contributed by atoms with Crippen LogP contribution in [0.5, 0.6) is 0 Å². The molecule has 1 aliphatic rings. The molecule has 1 amide bonds. The Hall–Kier alpha value is -3.28. The van der Waals surface area contributed by atoms with E-state index in [2.05, 4.69) is 20.4 Å². The molecule has 4 heterocycles. The molecule has 0 unspecified atom stereocenters. The van der Waals surface area contributed by atoms with Crippen LogP contribution in [0.4, 0.5) is 29.2 Å². The summed E-state index contributed by atoms with van der Waals surface area (Å²) >= 11 is 0. The van der Waals surface area contributed by atoms with Crippen molar-refractivity contribution in [2.75, 3.05) is 11.9 Å². The number of halogens is 4. The Morgan fingerprint density at radius 2 is 2.00 bits per heavy atom. The number of carbonyl (C=O) groups excluding carboxylic acids is 1. The number of hydrogen-bond acceptors (Lipinski definition) is 6. The lowest BCUT2D eigenvalue weighted by atomic mass is 9.98. The molecule has 2 N–H and O–H groups in total. The molecule has 35 heavy (non-hydrogen) atoms. The first kappa shape index (κ1) is 24.8. The van der Waals surface area contributed by atoms with Gasteiger partial charge in [0.25, 0.3) is 5.91 Å². The maximum absolute atomic E-state index is 13.2. The van der Waals surface area contributed by atoms with E-state index >= 15 is 0 Å². The minimum atomic E-state index is -4.55. The number of carbonyl (C=O) groups is 1. The average Bonchev–Trinajstić information content (AvgIpc) is 3.36. The lowest BCUT2D eigenvalue weighted by molar-refractivity contribution is -0.141. The molecule has 0 aliphatic carbocycles. The van der Waals surface area contributed by atoms with Crippen molar-refractivity contribution in [1.82, 2.24) is 24.6 Å². The molecule has 8 nitrogen and oxygen atoms in total. The van der Waals surface area contributed by atoms with E-state index in [0.29, 0.717) is 19.4 Å². The van der Waals surface area contributed by atoms with Crippen molar-refractivity contribution in [2.45, 2.75) is 63.9 Å². The van der Waals surface area contributed by atoms with Crippen LogP contribution < -0.4 is 5.32 Å². The number of nitrogens with one attached hydrogen (secondary N) is 1. The largest absolute Gasteiger partial charge is 0.408 e. The summed E-state index contributed by atoms with van der Waals surface area (Å²) < 4.78 is 53.6. The lowest BCUT2D eigenvalue weighted by Gasteiger charge is -2.27. The van der Waals surface area contributed by atoms with Gasteiger partial charge in [-0.3, -0.25) is 14.5 Å². The van der Waals surface area contributed by atoms with Crippen molar-refractivity contribution in [3.05, 3.63) is 42.1 Å². The van der Waals surface area contributed by atoms with E-state index in [4.69, 9.17) is 0 Å². The van der Waals surface area contributed by atoms with E-state index in [1.807, 2.05) is 0 Å². The predicted molar refractivity (Wildman–Crippen MR) is 121 cm³/mol. The summed E-state index contributed by atoms with van der Waals surface area (Å²) in [4.78, 5) is 23.0. The Balaban J connectivity index is 1.65. The summed E-state index contributed by atoms with van der Waals surface area (Å²) in [5.74, 6) is -0.689. The SMILES string of the molecule is CC(C)(O)CC[C@@H]1CCCN1C(=O)c1cc2c(cn1)c(Nc1ccc(F)cn1)nn2CC(F)(F)F. The monoisotopic (exact) mass is 494 g/mol. The molecule has 4 rings (SSSR count). The number of fused-ring (bicyclic) bond motifs is 1. The number of anilines is 2. The Labute approximate surface area is 199 Å². The Morgan fingerprint density at radius 1 is 1.23 bits per heavy atom. The zero-order chi connectivity index (χ0) is 25.4. The second kappa shape index (κ2) is 9.40. The van der Waals surface area contributed by atoms with Crippen LogP contribution >= 0.6 is 0 Å². The molecule has 0 saturated carbocycles. The number of rotatable bonds is 7. The van der Waals surface area contributed by atoms with Gasteiger partial charge in [-0.05, 0) is 57.7 Å². The molecule has 1 atom stereocenters. The lowest BCUT2D eigenvalue weighted by Crippen LogP contribution is -2.37. The van der Waals surface area contributed by atoms with Crippen LogP contribution in [0, 0.1) is 5.82 Å². The van der Waals surface area contributed by atoms with Crippen molar-refractivity contribution in [1.29, 1.82) is 0 Å². The third kappa shape index (κ3) is 6.05. The second-order valence-electron chi connectivity index (χ2n) is 9.34. The van der Waals surface area contributed by atoms with Crippen molar-refractivity contribution in [2.24, 2.45) is 0 Å². The van der Waals surface area contributed by atoms with Gasteiger partial charge in [-0.2, -0.15) is 18.3 Å². The number of aliphatic hydroxyl groups is 1. The number of alkyl halides is 3. The fraction of sp³-hybridized carbons (Fsp3) is 0.478. The smallest absolute Gasteiger partial charge is 0.390 e. The van der Waals surface area contributed by atoms with E-state index in [-0.39, 0.29) is 40.2 Å². The van der Waals surface area contributed by atoms with Gasteiger partial charge in [0.15, 0.2) is 5.82 Å². The van der Waals surface area contributed by atoms with Gasteiger partial charge in [0.2, 0.25) is 0 Å². The van der Waals surface area contributed by atoms with Gasteiger partial charge in [-0.1, -0.05) is 0 Å². The molecule has 3 aromatic rings. The topological polar surface area (TPSA) is 96.2 Å². The highest BCUT2D eigenvalue weighted by Gasteiger charge is 2.33. The van der Waals surface area contributed by atoms with Gasteiger partial charge in [0.1, 0.15) is 23.9 Å². The van der Waals surface area contributed by atoms with Gasteiger partial charge < -0.3 is 15.3 Å². The molecule has 0 bridgehead atoms. The number of likely N-dealkylation sites (tertiary alicyclic amines) is 1. The Morgan fingerprint density at radius 3 is 2.66 bits per heavy atom. The van der Waals surface area contributed by atoms with Gasteiger partial charge in [0, 0.05) is 18.8 Å². The first-order valence-electron chi connectivity index (χ1n) is 11.2. The number of nitrogens with zero attached hydrogens (tertiary/aromatic N) is 5. The quantitative estimate of drug-likeness (QED) is 0.472. The molecule has 1 saturated heterocycles. The highest BCUT2D eigenvalue weighted by molar-refractivity contribution is 5.98. The Bertz CT molecular complexity index is 1200. The van der Waals surface area contributed by atoms with Gasteiger partial charge in [-0.25, -0.2) is 9.37 Å². The number of aromatic nitrogens is 4. The first-order chi connectivity index (χ1) is 16.4. The molecule has 1 aliphatic heterocycles. The number of amides is 1. The third-order valence-electron chi connectivity index (χ3n) is 5.89. The highest BCUT2D eigenvalue weighted by atomic mass is 19.4. The minimum Gasteiger partial charge on any atom is -0.390 e. The van der Waals surface area contributed by atoms with Crippen LogP contribution in [0.1, 0.15) is 50.0 Å². The van der Waals surface area contributed by atoms with Crippen molar-refractivity contribution in [3.63, 3.8) is 0 Å². The summed E-state index contributed by atoms with van der Waals surface area (Å²) in [6, 6.07) is 3.72. The van der Waals surface area contributed by atoms with Crippen LogP contribution in [0.25, 0.3) is 10.9 Å². The van der Waals surface area contributed by atoms with Crippen LogP contribution in [0.2, 0.25) is 0 Å². The van der Waals surface area contributed by atoms with E-state index in [1.54, 1.807) is 18.7 Å². The zero-order valence-electron chi connectivity index (χ0n) is 19.3. The van der Waals surface area contributed by atoms with E-state index < -0.39 is 24.1 Å². The number of hydrogen-bond donors (Lipinski definition) is 2. The summed E-state index contributed by atoms with van der Waals surface area (Å²) in [5.41, 5.74) is -0.763. The molecule has 1 fully saturated rings. The molecule has 0 spiro atoms. The molecule has 0 radical (unpaired) electrons. The number of pyridine rings is 2. The summed E-state index contributed by atoms with van der Waals surface area (Å²) in [7, 11) is 0. The maximum atomic E-state index is 13.2. The van der Waals surface area contributed by atoms with Crippen molar-refractivity contribution < 1.29 is 27.5 Å². The van der Waals surface area contributed by atoms with E-state index in [1.165, 1.54) is 18.3 Å². The van der Waals surface area contributed by atoms with Gasteiger partial charge >= 0.3 is 6.18 Å². The van der Waals surface area contributed by atoms with Crippen LogP contribution in [-0.4, -0.2) is 60.0 Å². The molecule has 188 valence electrons. The third-order valence-corrected chi connectivity index (χ3v) is 5.89. The normalized spacial score (nSPS) is 16.8. The summed E-state index contributed by atoms with van der Waals surface area (Å²) in [6.07, 6.45) is 0.437. The fourth-order valence-electron chi connectivity index (χ4n) is 4.21. The van der Waals surface area contributed by atoms with Crippen LogP contribution in [0.15, 0.2) is 30.6 Å². The zero-order valence-corrected chi connectivity index (χ0v) is 19.3. The summed E-state index contributed by atoms with van der Waals surface area (Å²) in [5, 5.41) is 17.1. The second-order valence-corrected chi connectivity index (χ2v) is 9.34. The highest BCUT2D eigenvalue weighted by Crippen LogP contribution is 2.30. The fourth-order valence-corrected chi connectivity index (χ4v) is 4.21. The van der Waals surface area contributed by atoms with Crippen molar-refractivity contribution >= 4 is 28.4 Å². The molecule has 3 aromatic heterocycles. The molecular weight excluding hydrogens is 468 g/mol. The predicted octanol–water partition coefficient (Wildman–Crippen LogP) is 4.43. The molecular formula is C23H26F4N6O2. The maximum Gasteiger partial charge on any atom is 0.408 e. The van der Waals surface area contributed by atoms with Crippen LogP contribution in [0.3, 0.4) is 0 Å².